The topological polar surface area (TPSA) is 85.3 Å². The number of amides is 1. The molecule has 1 amide bonds. The number of carbonyl (C=O) groups is 2. The smallest absolute Gasteiger partial charge is 0.303 e. The number of benzene rings is 1. The van der Waals surface area contributed by atoms with E-state index in [9.17, 15) is 9.59 Å². The fraction of sp³-hybridized carbons (Fsp3) is 0.158. The summed E-state index contributed by atoms with van der Waals surface area (Å²) in [5, 5.41) is 11.6. The van der Waals surface area contributed by atoms with E-state index in [-0.39, 0.29) is 6.42 Å². The van der Waals surface area contributed by atoms with Crippen LogP contribution < -0.4 is 5.73 Å². The van der Waals surface area contributed by atoms with Gasteiger partial charge in [-0.1, -0.05) is 11.6 Å². The molecule has 0 radical (unpaired) electrons. The first kappa shape index (κ1) is 18.2. The molecule has 26 heavy (non-hydrogen) atoms. The number of aryl methyl sites for hydroxylation is 2. The number of carboxylic acids is 1. The van der Waals surface area contributed by atoms with Crippen molar-refractivity contribution in [3.63, 3.8) is 0 Å². The zero-order chi connectivity index (χ0) is 18.8. The Balaban J connectivity index is 2.15. The van der Waals surface area contributed by atoms with Crippen molar-refractivity contribution in [1.29, 1.82) is 0 Å². The minimum absolute atomic E-state index is 0.0348. The molecule has 0 saturated carbocycles. The van der Waals surface area contributed by atoms with Crippen molar-refractivity contribution in [3.8, 4) is 16.3 Å². The molecule has 134 valence electrons. The summed E-state index contributed by atoms with van der Waals surface area (Å²) in [4.78, 5) is 23.4. The maximum absolute atomic E-state index is 11.4. The highest BCUT2D eigenvalue weighted by Crippen LogP contribution is 2.34. The minimum atomic E-state index is -0.848. The van der Waals surface area contributed by atoms with Gasteiger partial charge in [-0.2, -0.15) is 0 Å². The molecule has 0 aliphatic rings. The van der Waals surface area contributed by atoms with Crippen LogP contribution in [0.15, 0.2) is 41.8 Å². The van der Waals surface area contributed by atoms with Gasteiger partial charge in [0.15, 0.2) is 0 Å². The summed E-state index contributed by atoms with van der Waals surface area (Å²) in [7, 11) is 0. The van der Waals surface area contributed by atoms with E-state index in [1.54, 1.807) is 12.1 Å². The number of carbonyl (C=O) groups excluding carboxylic acids is 1. The molecule has 0 bridgehead atoms. The summed E-state index contributed by atoms with van der Waals surface area (Å²) >= 11 is 7.60. The Hall–Kier alpha value is -2.57. The van der Waals surface area contributed by atoms with E-state index < -0.39 is 11.9 Å². The molecule has 0 aliphatic heterocycles. The zero-order valence-corrected chi connectivity index (χ0v) is 15.6. The molecular weight excluding hydrogens is 372 g/mol. The normalized spacial score (nSPS) is 10.8. The maximum atomic E-state index is 11.4. The van der Waals surface area contributed by atoms with Crippen LogP contribution in [0.4, 0.5) is 0 Å². The Morgan fingerprint density at radius 2 is 2.00 bits per heavy atom. The van der Waals surface area contributed by atoms with Crippen LogP contribution in [0.5, 0.6) is 0 Å². The molecule has 2 aromatic heterocycles. The number of carboxylic acid groups (broad SMARTS) is 1. The van der Waals surface area contributed by atoms with Crippen LogP contribution in [0, 0.1) is 6.92 Å². The zero-order valence-electron chi connectivity index (χ0n) is 14.0. The second-order valence-corrected chi connectivity index (χ2v) is 7.28. The van der Waals surface area contributed by atoms with E-state index >= 15 is 0 Å². The number of aromatic nitrogens is 1. The largest absolute Gasteiger partial charge is 0.481 e. The number of hydrogen-bond acceptors (Lipinski definition) is 3. The lowest BCUT2D eigenvalue weighted by atomic mass is 10.1. The van der Waals surface area contributed by atoms with Gasteiger partial charge in [0.05, 0.1) is 22.0 Å². The monoisotopic (exact) mass is 388 g/mol. The van der Waals surface area contributed by atoms with E-state index in [2.05, 4.69) is 0 Å². The van der Waals surface area contributed by atoms with E-state index in [1.165, 1.54) is 11.3 Å². The van der Waals surface area contributed by atoms with Crippen molar-refractivity contribution < 1.29 is 14.7 Å². The lowest BCUT2D eigenvalue weighted by Crippen LogP contribution is -2.12. The van der Waals surface area contributed by atoms with Crippen LogP contribution in [0.2, 0.25) is 5.02 Å². The molecule has 0 fully saturated rings. The van der Waals surface area contributed by atoms with Crippen molar-refractivity contribution in [2.24, 2.45) is 5.73 Å². The minimum Gasteiger partial charge on any atom is -0.481 e. The molecule has 3 aromatic rings. The molecule has 0 unspecified atom stereocenters. The fourth-order valence-electron chi connectivity index (χ4n) is 2.89. The van der Waals surface area contributed by atoms with Gasteiger partial charge in [0.1, 0.15) is 0 Å². The number of nitrogens with two attached hydrogens (primary N) is 1. The number of hydrogen-bond donors (Lipinski definition) is 2. The van der Waals surface area contributed by atoms with Gasteiger partial charge >= 0.3 is 5.97 Å². The van der Waals surface area contributed by atoms with Crippen LogP contribution in [0.1, 0.15) is 28.0 Å². The van der Waals surface area contributed by atoms with Gasteiger partial charge in [0.25, 0.3) is 0 Å². The van der Waals surface area contributed by atoms with Crippen LogP contribution in [0.3, 0.4) is 0 Å². The van der Waals surface area contributed by atoms with Gasteiger partial charge < -0.3 is 15.4 Å². The Bertz CT molecular complexity index is 991. The molecule has 3 rings (SSSR count). The number of halogens is 1. The molecule has 7 heteroatoms. The van der Waals surface area contributed by atoms with Gasteiger partial charge in [-0.15, -0.1) is 11.3 Å². The second kappa shape index (κ2) is 7.35. The first-order valence-electron chi connectivity index (χ1n) is 7.94. The number of thiophene rings is 1. The lowest BCUT2D eigenvalue weighted by Gasteiger charge is -2.16. The lowest BCUT2D eigenvalue weighted by molar-refractivity contribution is -0.136. The highest BCUT2D eigenvalue weighted by atomic mass is 35.5. The molecule has 0 aliphatic carbocycles. The van der Waals surface area contributed by atoms with Crippen molar-refractivity contribution in [3.05, 3.63) is 63.6 Å². The van der Waals surface area contributed by atoms with Crippen LogP contribution in [0.25, 0.3) is 16.3 Å². The van der Waals surface area contributed by atoms with E-state index in [1.807, 2.05) is 41.1 Å². The Kier molecular flexibility index (Phi) is 5.15. The second-order valence-electron chi connectivity index (χ2n) is 5.93. The maximum Gasteiger partial charge on any atom is 0.303 e. The molecule has 0 spiro atoms. The molecule has 2 heterocycles. The Labute approximate surface area is 159 Å². The number of rotatable bonds is 6. The molecule has 3 N–H and O–H groups in total. The van der Waals surface area contributed by atoms with Gasteiger partial charge in [-0.05, 0) is 55.3 Å². The molecule has 1 aromatic carbocycles. The highest BCUT2D eigenvalue weighted by molar-refractivity contribution is 7.14. The Morgan fingerprint density at radius 1 is 1.23 bits per heavy atom. The van der Waals surface area contributed by atoms with Crippen molar-refractivity contribution >= 4 is 34.8 Å². The average molecular weight is 389 g/mol. The van der Waals surface area contributed by atoms with Gasteiger partial charge in [0.2, 0.25) is 5.91 Å². The number of aliphatic carboxylic acids is 1. The summed E-state index contributed by atoms with van der Waals surface area (Å²) in [6, 6.07) is 11.0. The summed E-state index contributed by atoms with van der Waals surface area (Å²) in [6.45, 7) is 1.90. The van der Waals surface area contributed by atoms with Crippen LogP contribution >= 0.6 is 22.9 Å². The Morgan fingerprint density at radius 3 is 2.58 bits per heavy atom. The summed E-state index contributed by atoms with van der Waals surface area (Å²) < 4.78 is 2.02. The predicted molar refractivity (Wildman–Crippen MR) is 103 cm³/mol. The molecule has 5 nitrogen and oxygen atoms in total. The van der Waals surface area contributed by atoms with E-state index in [0.29, 0.717) is 17.0 Å². The van der Waals surface area contributed by atoms with Crippen LogP contribution in [-0.4, -0.2) is 21.6 Å². The predicted octanol–water partition coefficient (Wildman–Crippen LogP) is 4.28. The van der Waals surface area contributed by atoms with Crippen molar-refractivity contribution in [2.45, 2.75) is 19.8 Å². The summed E-state index contributed by atoms with van der Waals surface area (Å²) in [5.41, 5.74) is 9.35. The third-order valence-corrected chi connectivity index (χ3v) is 5.40. The van der Waals surface area contributed by atoms with Crippen LogP contribution in [-0.2, 0) is 11.2 Å². The van der Waals surface area contributed by atoms with E-state index in [0.717, 1.165) is 27.5 Å². The molecular formula is C19H17ClN2O3S. The highest BCUT2D eigenvalue weighted by Gasteiger charge is 2.16. The standard InChI is InChI=1S/C19H17ClN2O3S/c1-11-8-12(19(21)25)2-5-15(11)22-14(4-7-18(23)24)3-6-16(22)17-9-13(20)10-26-17/h2-3,5-6,8-10H,4,7H2,1H3,(H2,21,25)(H,23,24). The summed E-state index contributed by atoms with van der Waals surface area (Å²) in [6.07, 6.45) is 0.429. The first-order chi connectivity index (χ1) is 12.4. The molecule has 0 saturated heterocycles. The van der Waals surface area contributed by atoms with Gasteiger partial charge in [-0.3, -0.25) is 9.59 Å². The first-order valence-corrected chi connectivity index (χ1v) is 9.20. The van der Waals surface area contributed by atoms with Crippen molar-refractivity contribution in [1.82, 2.24) is 4.57 Å². The third-order valence-electron chi connectivity index (χ3n) is 4.10. The fourth-order valence-corrected chi connectivity index (χ4v) is 3.98. The van der Waals surface area contributed by atoms with Crippen molar-refractivity contribution in [2.75, 3.05) is 0 Å². The van der Waals surface area contributed by atoms with Gasteiger partial charge in [0, 0.05) is 22.3 Å². The number of nitrogens with zero attached hydrogens (tertiary/aromatic N) is 1. The third kappa shape index (κ3) is 3.66. The average Bonchev–Trinajstić information content (AvgIpc) is 3.18. The molecule has 0 atom stereocenters. The van der Waals surface area contributed by atoms with Gasteiger partial charge in [-0.25, -0.2) is 0 Å². The number of primary amides is 1. The quantitative estimate of drug-likeness (QED) is 0.660. The SMILES string of the molecule is Cc1cc(C(N)=O)ccc1-n1c(CCC(=O)O)ccc1-c1cc(Cl)cs1. The summed E-state index contributed by atoms with van der Waals surface area (Å²) in [5.74, 6) is -1.33. The van der Waals surface area contributed by atoms with E-state index in [4.69, 9.17) is 22.4 Å².